The van der Waals surface area contributed by atoms with Crippen LogP contribution in [-0.4, -0.2) is 142 Å². The number of rotatable bonds is 28. The molecule has 322 valence electrons. The minimum atomic E-state index is -1.78. The molecule has 11 atom stereocenters. The number of allylic oxidation sites excluding steroid dienone is 8. The lowest BCUT2D eigenvalue weighted by molar-refractivity contribution is -0.332. The van der Waals surface area contributed by atoms with Crippen molar-refractivity contribution in [2.45, 2.75) is 171 Å². The summed E-state index contributed by atoms with van der Waals surface area (Å²) in [5.41, 5.74) is 0. The molecule has 0 aromatic rings. The number of carbonyl (C=O) groups is 2. The molecule has 5 unspecified atom stereocenters. The van der Waals surface area contributed by atoms with Crippen LogP contribution in [0.5, 0.6) is 0 Å². The van der Waals surface area contributed by atoms with Crippen LogP contribution in [0.3, 0.4) is 0 Å². The second-order valence-corrected chi connectivity index (χ2v) is 14.1. The van der Waals surface area contributed by atoms with E-state index in [2.05, 4.69) is 19.1 Å². The van der Waals surface area contributed by atoms with Gasteiger partial charge in [-0.2, -0.15) is 0 Å². The van der Waals surface area contributed by atoms with Crippen molar-refractivity contribution in [2.24, 2.45) is 0 Å². The highest BCUT2D eigenvalue weighted by Crippen LogP contribution is 2.26. The summed E-state index contributed by atoms with van der Waals surface area (Å²) in [6.45, 7) is 2.24. The first-order valence-corrected chi connectivity index (χ1v) is 20.2. The maximum Gasteiger partial charge on any atom is 0.306 e. The first kappa shape index (κ1) is 49.6. The summed E-state index contributed by atoms with van der Waals surface area (Å²) >= 11 is 0. The molecule has 15 nitrogen and oxygen atoms in total. The molecule has 2 saturated heterocycles. The van der Waals surface area contributed by atoms with Crippen LogP contribution in [0.1, 0.15) is 104 Å². The van der Waals surface area contributed by atoms with Crippen molar-refractivity contribution in [3.05, 3.63) is 48.6 Å². The van der Waals surface area contributed by atoms with Gasteiger partial charge in [0.05, 0.1) is 19.8 Å². The summed E-state index contributed by atoms with van der Waals surface area (Å²) < 4.78 is 33.1. The number of ether oxygens (including phenoxy) is 6. The van der Waals surface area contributed by atoms with Gasteiger partial charge in [-0.25, -0.2) is 0 Å². The second kappa shape index (κ2) is 29.6. The molecule has 2 rings (SSSR count). The van der Waals surface area contributed by atoms with Gasteiger partial charge in [0.25, 0.3) is 0 Å². The van der Waals surface area contributed by atoms with Crippen LogP contribution in [-0.2, 0) is 38.0 Å². The van der Waals surface area contributed by atoms with Gasteiger partial charge in [0.1, 0.15) is 55.4 Å². The molecule has 2 heterocycles. The van der Waals surface area contributed by atoms with E-state index in [1.807, 2.05) is 43.4 Å². The van der Waals surface area contributed by atoms with E-state index in [4.69, 9.17) is 28.4 Å². The lowest BCUT2D eigenvalue weighted by atomic mass is 9.98. The Hall–Kier alpha value is -2.54. The van der Waals surface area contributed by atoms with Gasteiger partial charge >= 0.3 is 11.9 Å². The van der Waals surface area contributed by atoms with Crippen molar-refractivity contribution < 1.29 is 73.8 Å². The molecule has 0 amide bonds. The SMILES string of the molecule is CC/C=C/C/C=C/CCC(=O)OCC(CO[C@@H]1O[C@H](CO[C@@H]2O[C@H](CO)[C@H](O)C(O)C2O)[C@H](O)C(O)C1O)OC(=O)CC/C=C/C/C=C/CCCCCCCC. The van der Waals surface area contributed by atoms with Gasteiger partial charge < -0.3 is 64.2 Å². The van der Waals surface area contributed by atoms with Crippen LogP contribution in [0.15, 0.2) is 48.6 Å². The number of hydrogen-bond acceptors (Lipinski definition) is 15. The standard InChI is InChI=1S/C41H68O15/c1-3-5-7-9-11-12-13-14-15-16-18-20-22-24-33(44)54-29(26-51-32(43)23-21-19-17-10-8-6-4-2)27-52-40-39(50)37(48)35(46)31(56-40)28-53-41-38(49)36(47)34(45)30(25-42)55-41/h6,8,14-15,17-20,29-31,34-42,45-50H,3-5,7,9-13,16,21-28H2,1-2H3/b8-6+,15-14+,19-17+,20-18+/t29?,30-,31-,34+,35+,36?,37?,38?,39?,40-,41-/m1/s1. The molecule has 2 aliphatic heterocycles. The van der Waals surface area contributed by atoms with Gasteiger partial charge in [-0.1, -0.05) is 94.6 Å². The molecule has 56 heavy (non-hydrogen) atoms. The van der Waals surface area contributed by atoms with E-state index in [1.165, 1.54) is 38.5 Å². The van der Waals surface area contributed by atoms with E-state index in [0.717, 1.165) is 25.7 Å². The Balaban J connectivity index is 1.93. The molecule has 0 aliphatic carbocycles. The first-order chi connectivity index (χ1) is 27.0. The monoisotopic (exact) mass is 800 g/mol. The predicted molar refractivity (Wildman–Crippen MR) is 206 cm³/mol. The van der Waals surface area contributed by atoms with Crippen molar-refractivity contribution in [1.82, 2.24) is 0 Å². The third kappa shape index (κ3) is 19.3. The Morgan fingerprint density at radius 3 is 1.75 bits per heavy atom. The fourth-order valence-electron chi connectivity index (χ4n) is 5.92. The normalized spacial score (nSPS) is 29.2. The van der Waals surface area contributed by atoms with Crippen LogP contribution < -0.4 is 0 Å². The van der Waals surface area contributed by atoms with Crippen molar-refractivity contribution in [3.8, 4) is 0 Å². The largest absolute Gasteiger partial charge is 0.462 e. The number of unbranched alkanes of at least 4 members (excludes halogenated alkanes) is 6. The van der Waals surface area contributed by atoms with Crippen LogP contribution in [0.25, 0.3) is 0 Å². The summed E-state index contributed by atoms with van der Waals surface area (Å²) in [6.07, 6.45) is 11.0. The number of aliphatic hydroxyl groups is 7. The van der Waals surface area contributed by atoms with Crippen LogP contribution >= 0.6 is 0 Å². The summed E-state index contributed by atoms with van der Waals surface area (Å²) in [7, 11) is 0. The highest BCUT2D eigenvalue weighted by Gasteiger charge is 2.47. The molecule has 0 aromatic carbocycles. The van der Waals surface area contributed by atoms with Gasteiger partial charge in [0.2, 0.25) is 0 Å². The number of aliphatic hydroxyl groups excluding tert-OH is 7. The molecule has 0 bridgehead atoms. The first-order valence-electron chi connectivity index (χ1n) is 20.2. The summed E-state index contributed by atoms with van der Waals surface area (Å²) in [5, 5.41) is 71.5. The highest BCUT2D eigenvalue weighted by molar-refractivity contribution is 5.70. The molecule has 2 aliphatic rings. The zero-order chi connectivity index (χ0) is 41.1. The Kier molecular flexibility index (Phi) is 26.3. The average molecular weight is 801 g/mol. The highest BCUT2D eigenvalue weighted by atomic mass is 16.7. The summed E-state index contributed by atoms with van der Waals surface area (Å²) in [6, 6.07) is 0. The van der Waals surface area contributed by atoms with Crippen molar-refractivity contribution in [1.29, 1.82) is 0 Å². The topological polar surface area (TPSA) is 231 Å². The molecular formula is C41H68O15. The van der Waals surface area contributed by atoms with E-state index < -0.39 is 99.3 Å². The maximum atomic E-state index is 12.8. The molecule has 0 spiro atoms. The molecule has 0 saturated carbocycles. The minimum absolute atomic E-state index is 0.0461. The predicted octanol–water partition coefficient (Wildman–Crippen LogP) is 2.81. The fraction of sp³-hybridized carbons (Fsp3) is 0.756. The molecular weight excluding hydrogens is 732 g/mol. The quantitative estimate of drug-likeness (QED) is 0.0343. The van der Waals surface area contributed by atoms with E-state index in [0.29, 0.717) is 12.8 Å². The van der Waals surface area contributed by atoms with Gasteiger partial charge in [-0.15, -0.1) is 0 Å². The van der Waals surface area contributed by atoms with Crippen molar-refractivity contribution in [2.75, 3.05) is 26.4 Å². The molecule has 7 N–H and O–H groups in total. The van der Waals surface area contributed by atoms with Crippen LogP contribution in [0.4, 0.5) is 0 Å². The van der Waals surface area contributed by atoms with Gasteiger partial charge in [-0.05, 0) is 44.9 Å². The minimum Gasteiger partial charge on any atom is -0.462 e. The third-order valence-electron chi connectivity index (χ3n) is 9.32. The van der Waals surface area contributed by atoms with Crippen molar-refractivity contribution >= 4 is 11.9 Å². The molecule has 15 heteroatoms. The van der Waals surface area contributed by atoms with Crippen LogP contribution in [0, 0.1) is 0 Å². The fourth-order valence-corrected chi connectivity index (χ4v) is 5.92. The van der Waals surface area contributed by atoms with E-state index >= 15 is 0 Å². The number of carbonyl (C=O) groups excluding carboxylic acids is 2. The van der Waals surface area contributed by atoms with Crippen molar-refractivity contribution in [3.63, 3.8) is 0 Å². The Morgan fingerprint density at radius 1 is 0.589 bits per heavy atom. The smallest absolute Gasteiger partial charge is 0.306 e. The summed E-state index contributed by atoms with van der Waals surface area (Å²) in [4.78, 5) is 25.3. The lowest BCUT2D eigenvalue weighted by Crippen LogP contribution is -2.61. The van der Waals surface area contributed by atoms with Gasteiger partial charge in [0.15, 0.2) is 18.7 Å². The zero-order valence-corrected chi connectivity index (χ0v) is 33.1. The van der Waals surface area contributed by atoms with Crippen LogP contribution in [0.2, 0.25) is 0 Å². The van der Waals surface area contributed by atoms with E-state index in [9.17, 15) is 45.3 Å². The Labute approximate surface area is 331 Å². The van der Waals surface area contributed by atoms with Gasteiger partial charge in [-0.3, -0.25) is 9.59 Å². The molecule has 2 fully saturated rings. The molecule has 0 radical (unpaired) electrons. The zero-order valence-electron chi connectivity index (χ0n) is 33.1. The Bertz CT molecular complexity index is 1170. The van der Waals surface area contributed by atoms with Gasteiger partial charge in [0, 0.05) is 12.8 Å². The third-order valence-corrected chi connectivity index (χ3v) is 9.32. The summed E-state index contributed by atoms with van der Waals surface area (Å²) in [5.74, 6) is -1.10. The maximum absolute atomic E-state index is 12.8. The van der Waals surface area contributed by atoms with E-state index in [1.54, 1.807) is 0 Å². The Morgan fingerprint density at radius 2 is 1.12 bits per heavy atom. The number of esters is 2. The molecule has 0 aromatic heterocycles. The second-order valence-electron chi connectivity index (χ2n) is 14.1. The average Bonchev–Trinajstić information content (AvgIpc) is 3.19. The lowest BCUT2D eigenvalue weighted by Gasteiger charge is -2.42. The number of hydrogen-bond donors (Lipinski definition) is 7. The van der Waals surface area contributed by atoms with E-state index in [-0.39, 0.29) is 19.4 Å².